The molecule has 0 saturated carbocycles. The number of aromatic nitrogens is 1. The van der Waals surface area contributed by atoms with Crippen LogP contribution in [0.2, 0.25) is 0 Å². The number of nitrogens with zero attached hydrogens (tertiary/aromatic N) is 2. The Labute approximate surface area is 179 Å². The van der Waals surface area contributed by atoms with Gasteiger partial charge in [-0.1, -0.05) is 12.1 Å². The fourth-order valence-corrected chi connectivity index (χ4v) is 4.11. The van der Waals surface area contributed by atoms with Gasteiger partial charge >= 0.3 is 0 Å². The Hall–Kier alpha value is -3.29. The molecule has 1 aliphatic rings. The zero-order valence-corrected chi connectivity index (χ0v) is 17.6. The van der Waals surface area contributed by atoms with E-state index in [1.807, 2.05) is 6.92 Å². The summed E-state index contributed by atoms with van der Waals surface area (Å²) in [6.45, 7) is 3.83. The molecule has 31 heavy (non-hydrogen) atoms. The molecule has 2 heterocycles. The van der Waals surface area contributed by atoms with Crippen LogP contribution in [0.5, 0.6) is 17.2 Å². The molecule has 0 atom stereocenters. The SMILES string of the molecule is CCCOc1c(N2CCC(c3noc4cc(F)ccc34)CC2)cc(C=O)c(O)c1OC. The molecule has 1 N–H and O–H groups in total. The van der Waals surface area contributed by atoms with E-state index in [-0.39, 0.29) is 28.8 Å². The van der Waals surface area contributed by atoms with E-state index in [4.69, 9.17) is 14.0 Å². The average Bonchev–Trinajstić information content (AvgIpc) is 3.20. The fourth-order valence-electron chi connectivity index (χ4n) is 4.11. The summed E-state index contributed by atoms with van der Waals surface area (Å²) in [5.41, 5.74) is 2.17. The van der Waals surface area contributed by atoms with E-state index in [0.717, 1.165) is 36.0 Å². The van der Waals surface area contributed by atoms with Crippen LogP contribution in [0.15, 0.2) is 28.8 Å². The van der Waals surface area contributed by atoms with E-state index in [0.29, 0.717) is 37.3 Å². The largest absolute Gasteiger partial charge is 0.504 e. The lowest BCUT2D eigenvalue weighted by molar-refractivity contribution is 0.112. The number of methoxy groups -OCH3 is 1. The number of hydrogen-bond acceptors (Lipinski definition) is 7. The molecule has 0 unspecified atom stereocenters. The third-order valence-corrected chi connectivity index (χ3v) is 5.69. The van der Waals surface area contributed by atoms with Crippen LogP contribution in [0.3, 0.4) is 0 Å². The molecular weight excluding hydrogens is 403 g/mol. The highest BCUT2D eigenvalue weighted by Crippen LogP contribution is 2.47. The van der Waals surface area contributed by atoms with Crippen molar-refractivity contribution >= 4 is 22.9 Å². The zero-order valence-electron chi connectivity index (χ0n) is 17.6. The lowest BCUT2D eigenvalue weighted by Gasteiger charge is -2.34. The second kappa shape index (κ2) is 8.83. The number of hydrogen-bond donors (Lipinski definition) is 1. The minimum absolute atomic E-state index is 0.155. The number of rotatable bonds is 7. The van der Waals surface area contributed by atoms with Gasteiger partial charge in [0.05, 0.1) is 30.7 Å². The molecule has 1 aromatic heterocycles. The molecule has 0 spiro atoms. The number of phenols is 1. The Morgan fingerprint density at radius 1 is 1.29 bits per heavy atom. The molecule has 3 aromatic rings. The summed E-state index contributed by atoms with van der Waals surface area (Å²) in [6, 6.07) is 6.12. The van der Waals surface area contributed by atoms with Crippen molar-refractivity contribution in [1.29, 1.82) is 0 Å². The lowest BCUT2D eigenvalue weighted by Crippen LogP contribution is -2.33. The maximum atomic E-state index is 13.4. The van der Waals surface area contributed by atoms with Crippen LogP contribution >= 0.6 is 0 Å². The van der Waals surface area contributed by atoms with Crippen molar-refractivity contribution < 1.29 is 28.3 Å². The van der Waals surface area contributed by atoms with Gasteiger partial charge in [-0.2, -0.15) is 0 Å². The zero-order chi connectivity index (χ0) is 22.0. The molecular formula is C23H25FN2O5. The first-order valence-corrected chi connectivity index (χ1v) is 10.4. The van der Waals surface area contributed by atoms with Gasteiger partial charge in [0.1, 0.15) is 5.82 Å². The van der Waals surface area contributed by atoms with E-state index in [2.05, 4.69) is 10.1 Å². The highest BCUT2D eigenvalue weighted by atomic mass is 19.1. The molecule has 8 heteroatoms. The second-order valence-corrected chi connectivity index (χ2v) is 7.63. The van der Waals surface area contributed by atoms with E-state index < -0.39 is 0 Å². The van der Waals surface area contributed by atoms with E-state index in [1.54, 1.807) is 12.1 Å². The molecule has 2 aromatic carbocycles. The first-order chi connectivity index (χ1) is 15.1. The van der Waals surface area contributed by atoms with Crippen molar-refractivity contribution in [3.63, 3.8) is 0 Å². The summed E-state index contributed by atoms with van der Waals surface area (Å²) < 4.78 is 30.0. The maximum Gasteiger partial charge on any atom is 0.206 e. The van der Waals surface area contributed by atoms with Gasteiger partial charge in [0.25, 0.3) is 0 Å². The summed E-state index contributed by atoms with van der Waals surface area (Å²) in [6.07, 6.45) is 3.00. The molecule has 4 rings (SSSR count). The van der Waals surface area contributed by atoms with Gasteiger partial charge in [-0.25, -0.2) is 4.39 Å². The van der Waals surface area contributed by atoms with Gasteiger partial charge in [0.15, 0.2) is 23.4 Å². The number of fused-ring (bicyclic) bond motifs is 1. The van der Waals surface area contributed by atoms with Crippen molar-refractivity contribution in [2.45, 2.75) is 32.1 Å². The predicted molar refractivity (Wildman–Crippen MR) is 114 cm³/mol. The monoisotopic (exact) mass is 428 g/mol. The first kappa shape index (κ1) is 21.0. The fraction of sp³-hybridized carbons (Fsp3) is 0.391. The maximum absolute atomic E-state index is 13.4. The Bertz CT molecular complexity index is 1090. The number of aromatic hydroxyl groups is 1. The Morgan fingerprint density at radius 2 is 2.06 bits per heavy atom. The van der Waals surface area contributed by atoms with Crippen molar-refractivity contribution in [2.24, 2.45) is 0 Å². The van der Waals surface area contributed by atoms with Crippen LogP contribution in [0.1, 0.15) is 48.2 Å². The van der Waals surface area contributed by atoms with Crippen LogP contribution < -0.4 is 14.4 Å². The Kier molecular flexibility index (Phi) is 5.97. The smallest absolute Gasteiger partial charge is 0.206 e. The number of anilines is 1. The molecule has 164 valence electrons. The van der Waals surface area contributed by atoms with Crippen molar-refractivity contribution in [1.82, 2.24) is 5.16 Å². The topological polar surface area (TPSA) is 85.0 Å². The van der Waals surface area contributed by atoms with E-state index in [1.165, 1.54) is 19.2 Å². The number of carbonyl (C=O) groups is 1. The lowest BCUT2D eigenvalue weighted by atomic mass is 9.91. The summed E-state index contributed by atoms with van der Waals surface area (Å²) in [7, 11) is 1.44. The predicted octanol–water partition coefficient (Wildman–Crippen LogP) is 4.67. The molecule has 7 nitrogen and oxygen atoms in total. The molecule has 1 fully saturated rings. The quantitative estimate of drug-likeness (QED) is 0.548. The van der Waals surface area contributed by atoms with Crippen molar-refractivity contribution in [3.05, 3.63) is 41.3 Å². The van der Waals surface area contributed by atoms with Gasteiger partial charge in [-0.05, 0) is 37.5 Å². The third-order valence-electron chi connectivity index (χ3n) is 5.69. The molecule has 1 aliphatic heterocycles. The molecule has 1 saturated heterocycles. The number of aldehydes is 1. The average molecular weight is 428 g/mol. The van der Waals surface area contributed by atoms with Gasteiger partial charge in [0.2, 0.25) is 5.75 Å². The second-order valence-electron chi connectivity index (χ2n) is 7.63. The summed E-state index contributed by atoms with van der Waals surface area (Å²) >= 11 is 0. The third kappa shape index (κ3) is 3.89. The van der Waals surface area contributed by atoms with Crippen molar-refractivity contribution in [3.8, 4) is 17.2 Å². The number of phenolic OH excluding ortho intramolecular Hbond substituents is 1. The van der Waals surface area contributed by atoms with Crippen LogP contribution in [0.4, 0.5) is 10.1 Å². The summed E-state index contributed by atoms with van der Waals surface area (Å²) in [4.78, 5) is 13.6. The number of halogens is 1. The van der Waals surface area contributed by atoms with E-state index in [9.17, 15) is 14.3 Å². The summed E-state index contributed by atoms with van der Waals surface area (Å²) in [5, 5.41) is 15.4. The summed E-state index contributed by atoms with van der Waals surface area (Å²) in [5.74, 6) is 0.209. The molecule has 0 amide bonds. The van der Waals surface area contributed by atoms with Crippen LogP contribution in [-0.4, -0.2) is 43.4 Å². The van der Waals surface area contributed by atoms with Crippen molar-refractivity contribution in [2.75, 3.05) is 31.7 Å². The molecule has 0 bridgehead atoms. The van der Waals surface area contributed by atoms with Crippen LogP contribution in [-0.2, 0) is 0 Å². The van der Waals surface area contributed by atoms with Gasteiger partial charge in [0, 0.05) is 30.5 Å². The molecule has 0 aliphatic carbocycles. The van der Waals surface area contributed by atoms with Crippen LogP contribution in [0, 0.1) is 5.82 Å². The first-order valence-electron chi connectivity index (χ1n) is 10.4. The van der Waals surface area contributed by atoms with Gasteiger partial charge < -0.3 is 24.0 Å². The highest BCUT2D eigenvalue weighted by Gasteiger charge is 2.29. The standard InChI is InChI=1S/C23H25FN2O5/c1-3-10-30-22-18(11-15(13-27)21(28)23(22)29-2)26-8-6-14(7-9-26)20-17-5-4-16(24)12-19(17)31-25-20/h4-5,11-14,28H,3,6-10H2,1-2H3. The normalized spacial score (nSPS) is 14.7. The molecule has 0 radical (unpaired) electrons. The van der Waals surface area contributed by atoms with E-state index >= 15 is 0 Å². The van der Waals surface area contributed by atoms with Crippen LogP contribution in [0.25, 0.3) is 11.0 Å². The van der Waals surface area contributed by atoms with Gasteiger partial charge in [-0.15, -0.1) is 0 Å². The number of piperidine rings is 1. The van der Waals surface area contributed by atoms with Gasteiger partial charge in [-0.3, -0.25) is 4.79 Å². The minimum atomic E-state index is -0.350. The minimum Gasteiger partial charge on any atom is -0.504 e. The Balaban J connectivity index is 1.61. The highest BCUT2D eigenvalue weighted by molar-refractivity contribution is 5.87. The Morgan fingerprint density at radius 3 is 2.74 bits per heavy atom. The number of carbonyl (C=O) groups excluding carboxylic acids is 1. The number of benzene rings is 2. The number of ether oxygens (including phenoxy) is 2.